The first kappa shape index (κ1) is 28.8. The van der Waals surface area contributed by atoms with E-state index in [1.54, 1.807) is 48.5 Å². The molecule has 6 nitrogen and oxygen atoms in total. The fourth-order valence-electron chi connectivity index (χ4n) is 4.44. The molecule has 0 saturated carbocycles. The number of carbonyl (C=O) groups excluding carboxylic acids is 2. The van der Waals surface area contributed by atoms with Crippen LogP contribution in [0.2, 0.25) is 0 Å². The van der Waals surface area contributed by atoms with Crippen molar-refractivity contribution in [3.8, 4) is 0 Å². The summed E-state index contributed by atoms with van der Waals surface area (Å²) in [5.41, 5.74) is 4.25. The lowest BCUT2D eigenvalue weighted by Gasteiger charge is -2.19. The lowest BCUT2D eigenvalue weighted by Crippen LogP contribution is -2.44. The zero-order valence-electron chi connectivity index (χ0n) is 22.5. The summed E-state index contributed by atoms with van der Waals surface area (Å²) in [6.45, 7) is 1.91. The molecule has 0 spiro atoms. The normalized spacial score (nSPS) is 11.9. The molecule has 0 radical (unpaired) electrons. The van der Waals surface area contributed by atoms with Crippen molar-refractivity contribution in [2.24, 2.45) is 0 Å². The van der Waals surface area contributed by atoms with Crippen LogP contribution in [0.15, 0.2) is 114 Å². The third kappa shape index (κ3) is 8.64. The number of aryl methyl sites for hydroxylation is 2. The molecular formula is C33H34N2O4S. The number of urea groups is 1. The van der Waals surface area contributed by atoms with Crippen LogP contribution in [0, 0.1) is 6.92 Å². The third-order valence-corrected chi connectivity index (χ3v) is 8.36. The standard InChI is InChI=1S/C33H34N2O4S/c1-25-15-21-30(22-16-25)40(38,39)24-28-17-19-29(20-18-28)34-33(37)35-31(23-27-11-6-3-7-12-27)32(36)14-8-13-26-9-4-2-5-10-26/h2-7,9-12,15-22,31H,8,13-14,23-24H2,1H3,(H2,34,35,37)/t31-/m1/s1. The first-order chi connectivity index (χ1) is 19.3. The molecule has 0 bridgehead atoms. The lowest BCUT2D eigenvalue weighted by atomic mass is 9.98. The predicted molar refractivity (Wildman–Crippen MR) is 159 cm³/mol. The average Bonchev–Trinajstić information content (AvgIpc) is 2.95. The smallest absolute Gasteiger partial charge is 0.319 e. The molecule has 1 atom stereocenters. The second-order valence-electron chi connectivity index (χ2n) is 9.92. The fourth-order valence-corrected chi connectivity index (χ4v) is 5.79. The number of Topliss-reactive ketones (excluding diaryl/α,β-unsaturated/α-hetero) is 1. The Hall–Kier alpha value is -4.23. The van der Waals surface area contributed by atoms with Crippen LogP contribution in [0.25, 0.3) is 0 Å². The Morgan fingerprint density at radius 1 is 0.725 bits per heavy atom. The van der Waals surface area contributed by atoms with Gasteiger partial charge in [0.25, 0.3) is 0 Å². The molecule has 7 heteroatoms. The highest BCUT2D eigenvalue weighted by Gasteiger charge is 2.21. The zero-order valence-corrected chi connectivity index (χ0v) is 23.4. The van der Waals surface area contributed by atoms with Crippen molar-refractivity contribution in [2.75, 3.05) is 5.32 Å². The number of sulfone groups is 1. The Bertz CT molecular complexity index is 1500. The molecule has 0 aliphatic heterocycles. The minimum Gasteiger partial charge on any atom is -0.328 e. The minimum absolute atomic E-state index is 0.0217. The van der Waals surface area contributed by atoms with E-state index in [0.29, 0.717) is 30.5 Å². The van der Waals surface area contributed by atoms with Gasteiger partial charge in [0, 0.05) is 12.1 Å². The van der Waals surface area contributed by atoms with Crippen molar-refractivity contribution in [1.82, 2.24) is 5.32 Å². The molecule has 4 aromatic rings. The van der Waals surface area contributed by atoms with Crippen molar-refractivity contribution in [3.63, 3.8) is 0 Å². The number of rotatable bonds is 12. The second kappa shape index (κ2) is 13.7. The van der Waals surface area contributed by atoms with Gasteiger partial charge >= 0.3 is 6.03 Å². The molecule has 206 valence electrons. The zero-order chi connectivity index (χ0) is 28.4. The number of nitrogens with one attached hydrogen (secondary N) is 2. The molecule has 0 aliphatic rings. The maximum Gasteiger partial charge on any atom is 0.319 e. The predicted octanol–water partition coefficient (Wildman–Crippen LogP) is 6.29. The van der Waals surface area contributed by atoms with Gasteiger partial charge in [-0.1, -0.05) is 90.5 Å². The van der Waals surface area contributed by atoms with Crippen LogP contribution in [0.5, 0.6) is 0 Å². The summed E-state index contributed by atoms with van der Waals surface area (Å²) in [5, 5.41) is 5.62. The van der Waals surface area contributed by atoms with Crippen molar-refractivity contribution < 1.29 is 18.0 Å². The number of amides is 2. The highest BCUT2D eigenvalue weighted by molar-refractivity contribution is 7.90. The molecular weight excluding hydrogens is 520 g/mol. The molecule has 0 unspecified atom stereocenters. The fraction of sp³-hybridized carbons (Fsp3) is 0.212. The Morgan fingerprint density at radius 2 is 1.32 bits per heavy atom. The molecule has 0 fully saturated rings. The number of hydrogen-bond acceptors (Lipinski definition) is 4. The quantitative estimate of drug-likeness (QED) is 0.215. The summed E-state index contributed by atoms with van der Waals surface area (Å²) in [7, 11) is -3.48. The van der Waals surface area contributed by atoms with Gasteiger partial charge in [-0.05, 0) is 67.1 Å². The van der Waals surface area contributed by atoms with E-state index in [2.05, 4.69) is 10.6 Å². The van der Waals surface area contributed by atoms with Gasteiger partial charge in [-0.25, -0.2) is 13.2 Å². The molecule has 2 N–H and O–H groups in total. The van der Waals surface area contributed by atoms with E-state index in [0.717, 1.165) is 17.5 Å². The van der Waals surface area contributed by atoms with Crippen LogP contribution >= 0.6 is 0 Å². The topological polar surface area (TPSA) is 92.3 Å². The van der Waals surface area contributed by atoms with Crippen LogP contribution in [-0.4, -0.2) is 26.3 Å². The number of hydrogen-bond donors (Lipinski definition) is 2. The van der Waals surface area contributed by atoms with Gasteiger partial charge in [-0.2, -0.15) is 0 Å². The van der Waals surface area contributed by atoms with Crippen molar-refractivity contribution >= 4 is 27.3 Å². The molecule has 0 saturated heterocycles. The summed E-state index contributed by atoms with van der Waals surface area (Å²) in [4.78, 5) is 26.3. The Balaban J connectivity index is 1.35. The molecule has 0 aliphatic carbocycles. The molecule has 4 rings (SSSR count). The summed E-state index contributed by atoms with van der Waals surface area (Å²) in [6.07, 6.45) is 2.25. The van der Waals surface area contributed by atoms with Gasteiger partial charge in [-0.15, -0.1) is 0 Å². The number of benzene rings is 4. The SMILES string of the molecule is Cc1ccc(S(=O)(=O)Cc2ccc(NC(=O)N[C@H](Cc3ccccc3)C(=O)CCCc3ccccc3)cc2)cc1. The third-order valence-electron chi connectivity index (χ3n) is 6.66. The maximum absolute atomic E-state index is 13.1. The van der Waals surface area contributed by atoms with Crippen LogP contribution in [-0.2, 0) is 33.2 Å². The van der Waals surface area contributed by atoms with Gasteiger partial charge in [0.05, 0.1) is 16.7 Å². The van der Waals surface area contributed by atoms with E-state index in [9.17, 15) is 18.0 Å². The van der Waals surface area contributed by atoms with Gasteiger partial charge in [0.1, 0.15) is 0 Å². The number of ketones is 1. The molecule has 0 aromatic heterocycles. The largest absolute Gasteiger partial charge is 0.328 e. The lowest BCUT2D eigenvalue weighted by molar-refractivity contribution is -0.120. The highest BCUT2D eigenvalue weighted by atomic mass is 32.2. The van der Waals surface area contributed by atoms with E-state index in [1.807, 2.05) is 67.6 Å². The Morgan fingerprint density at radius 3 is 1.95 bits per heavy atom. The second-order valence-corrected chi connectivity index (χ2v) is 11.9. The van der Waals surface area contributed by atoms with Gasteiger partial charge in [0.15, 0.2) is 15.6 Å². The first-order valence-corrected chi connectivity index (χ1v) is 15.0. The van der Waals surface area contributed by atoms with Crippen molar-refractivity contribution in [2.45, 2.75) is 49.3 Å². The van der Waals surface area contributed by atoms with Crippen molar-refractivity contribution in [1.29, 1.82) is 0 Å². The van der Waals surface area contributed by atoms with Crippen LogP contribution in [0.1, 0.15) is 35.1 Å². The molecule has 0 heterocycles. The molecule has 2 amide bonds. The van der Waals surface area contributed by atoms with E-state index >= 15 is 0 Å². The Kier molecular flexibility index (Phi) is 9.86. The Labute approximate surface area is 236 Å². The van der Waals surface area contributed by atoms with Crippen LogP contribution < -0.4 is 10.6 Å². The highest BCUT2D eigenvalue weighted by Crippen LogP contribution is 2.19. The van der Waals surface area contributed by atoms with Crippen molar-refractivity contribution in [3.05, 3.63) is 131 Å². The van der Waals surface area contributed by atoms with Gasteiger partial charge in [0.2, 0.25) is 0 Å². The summed E-state index contributed by atoms with van der Waals surface area (Å²) >= 11 is 0. The average molecular weight is 555 g/mol. The summed E-state index contributed by atoms with van der Waals surface area (Å²) in [6, 6.07) is 31.9. The first-order valence-electron chi connectivity index (χ1n) is 13.3. The molecule has 40 heavy (non-hydrogen) atoms. The van der Waals surface area contributed by atoms with E-state index in [1.165, 1.54) is 5.56 Å². The van der Waals surface area contributed by atoms with E-state index in [-0.39, 0.29) is 16.4 Å². The van der Waals surface area contributed by atoms with Crippen LogP contribution in [0.4, 0.5) is 10.5 Å². The minimum atomic E-state index is -3.48. The van der Waals surface area contributed by atoms with Gasteiger partial charge in [-0.3, -0.25) is 4.79 Å². The van der Waals surface area contributed by atoms with E-state index < -0.39 is 21.9 Å². The number of anilines is 1. The van der Waals surface area contributed by atoms with E-state index in [4.69, 9.17) is 0 Å². The van der Waals surface area contributed by atoms with Gasteiger partial charge < -0.3 is 10.6 Å². The monoisotopic (exact) mass is 554 g/mol. The maximum atomic E-state index is 13.1. The summed E-state index contributed by atoms with van der Waals surface area (Å²) < 4.78 is 25.5. The number of carbonyl (C=O) groups is 2. The molecule has 4 aromatic carbocycles. The summed E-state index contributed by atoms with van der Waals surface area (Å²) in [5.74, 6) is -0.161. The van der Waals surface area contributed by atoms with Crippen LogP contribution in [0.3, 0.4) is 0 Å².